The van der Waals surface area contributed by atoms with Crippen molar-refractivity contribution in [2.24, 2.45) is 0 Å². The number of carbonyl (C=O) groups excluding carboxylic acids is 1. The van der Waals surface area contributed by atoms with Gasteiger partial charge in [-0.1, -0.05) is 30.4 Å². The fraction of sp³-hybridized carbons (Fsp3) is 0.556. The quantitative estimate of drug-likeness (QED) is 0.310. The van der Waals surface area contributed by atoms with E-state index in [0.29, 0.717) is 10.9 Å². The van der Waals surface area contributed by atoms with Gasteiger partial charge in [-0.15, -0.1) is 12.6 Å². The summed E-state index contributed by atoms with van der Waals surface area (Å²) in [5, 5.41) is 12.2. The van der Waals surface area contributed by atoms with E-state index in [0.717, 1.165) is 38.4 Å². The Labute approximate surface area is 167 Å². The molecule has 0 heterocycles. The van der Waals surface area contributed by atoms with Crippen LogP contribution in [0.1, 0.15) is 20.8 Å². The van der Waals surface area contributed by atoms with Crippen LogP contribution < -0.4 is 21.3 Å². The van der Waals surface area contributed by atoms with Gasteiger partial charge in [0.2, 0.25) is 0 Å². The number of hydrogen-bond acceptors (Lipinski definition) is 4. The molecule has 0 unspecified atom stereocenters. The lowest BCUT2D eigenvalue weighted by molar-refractivity contribution is 0.243. The van der Waals surface area contributed by atoms with Gasteiger partial charge in [0.05, 0.1) is 0 Å². The molecule has 0 atom stereocenters. The first-order valence-corrected chi connectivity index (χ1v) is 9.66. The van der Waals surface area contributed by atoms with Crippen LogP contribution in [0.15, 0.2) is 30.3 Å². The highest BCUT2D eigenvalue weighted by atomic mass is 32.1. The number of para-hydroxylation sites is 1. The number of benzene rings is 1. The minimum atomic E-state index is -0.196. The Morgan fingerprint density at radius 3 is 2.19 bits per heavy atom. The van der Waals surface area contributed by atoms with Crippen LogP contribution in [-0.2, 0) is 0 Å². The average molecular weight is 398 g/mol. The second-order valence-electron chi connectivity index (χ2n) is 7.00. The maximum absolute atomic E-state index is 12.0. The molecule has 0 saturated heterocycles. The lowest BCUT2D eigenvalue weighted by atomic mass is 10.1. The fourth-order valence-corrected chi connectivity index (χ4v) is 2.48. The summed E-state index contributed by atoms with van der Waals surface area (Å²) in [7, 11) is 0. The van der Waals surface area contributed by atoms with E-state index in [1.165, 1.54) is 0 Å². The van der Waals surface area contributed by atoms with Gasteiger partial charge in [0.25, 0.3) is 0 Å². The van der Waals surface area contributed by atoms with E-state index in [2.05, 4.69) is 59.6 Å². The Bertz CT molecular complexity index is 548. The first-order valence-electron chi connectivity index (χ1n) is 8.80. The molecule has 146 valence electrons. The van der Waals surface area contributed by atoms with E-state index in [-0.39, 0.29) is 11.6 Å². The summed E-state index contributed by atoms with van der Waals surface area (Å²) in [6.45, 7) is 11.1. The molecule has 1 aromatic rings. The summed E-state index contributed by atoms with van der Waals surface area (Å²) < 4.78 is 0.498. The Kier molecular flexibility index (Phi) is 10.6. The lowest BCUT2D eigenvalue weighted by Crippen LogP contribution is -2.45. The van der Waals surface area contributed by atoms with Crippen molar-refractivity contribution in [1.82, 2.24) is 20.9 Å². The topological polar surface area (TPSA) is 68.4 Å². The zero-order valence-electron chi connectivity index (χ0n) is 15.8. The van der Waals surface area contributed by atoms with Gasteiger partial charge in [0.15, 0.2) is 0 Å². The molecule has 0 aromatic heterocycles. The Balaban J connectivity index is 2.35. The fourth-order valence-electron chi connectivity index (χ4n) is 2.27. The molecular weight excluding hydrogens is 366 g/mol. The highest BCUT2D eigenvalue weighted by Crippen LogP contribution is 2.04. The molecule has 0 bridgehead atoms. The summed E-state index contributed by atoms with van der Waals surface area (Å²) in [5.41, 5.74) is 0.868. The van der Waals surface area contributed by atoms with E-state index in [1.54, 1.807) is 0 Å². The van der Waals surface area contributed by atoms with Gasteiger partial charge in [-0.3, -0.25) is 4.90 Å². The summed E-state index contributed by atoms with van der Waals surface area (Å²) >= 11 is 9.00. The minimum absolute atomic E-state index is 0.0877. The molecule has 1 aromatic carbocycles. The third kappa shape index (κ3) is 12.1. The molecule has 0 radical (unpaired) electrons. The first kappa shape index (κ1) is 22.7. The van der Waals surface area contributed by atoms with E-state index >= 15 is 0 Å². The van der Waals surface area contributed by atoms with Gasteiger partial charge < -0.3 is 21.3 Å². The smallest absolute Gasteiger partial charge is 0.319 e. The number of anilines is 1. The predicted molar refractivity (Wildman–Crippen MR) is 117 cm³/mol. The summed E-state index contributed by atoms with van der Waals surface area (Å²) in [5.74, 6) is 0. The van der Waals surface area contributed by atoms with Crippen molar-refractivity contribution in [2.75, 3.05) is 44.6 Å². The highest BCUT2D eigenvalue weighted by molar-refractivity contribution is 8.11. The molecule has 0 spiro atoms. The van der Waals surface area contributed by atoms with Crippen molar-refractivity contribution in [3.05, 3.63) is 30.3 Å². The van der Waals surface area contributed by atoms with Crippen LogP contribution >= 0.6 is 24.8 Å². The molecule has 26 heavy (non-hydrogen) atoms. The van der Waals surface area contributed by atoms with Crippen LogP contribution in [0.4, 0.5) is 10.5 Å². The van der Waals surface area contributed by atoms with Crippen LogP contribution in [0.2, 0.25) is 0 Å². The van der Waals surface area contributed by atoms with Crippen LogP contribution in [0, 0.1) is 0 Å². The standard InChI is InChI=1S/C18H31N5OS2/c1-18(2,3)21-11-14-23(13-10-20-17(25)26)12-9-19-16(24)22-15-7-5-4-6-8-15/h4-8,21H,9-14H2,1-3H3,(H2,19,22,24)(H2,20,25,26). The number of nitrogens with one attached hydrogen (secondary N) is 4. The molecule has 0 fully saturated rings. The number of rotatable bonds is 10. The molecule has 0 aliphatic carbocycles. The van der Waals surface area contributed by atoms with Crippen molar-refractivity contribution >= 4 is 40.9 Å². The van der Waals surface area contributed by atoms with Crippen molar-refractivity contribution in [1.29, 1.82) is 0 Å². The number of carbonyl (C=O) groups is 1. The van der Waals surface area contributed by atoms with Crippen molar-refractivity contribution in [2.45, 2.75) is 26.3 Å². The molecule has 0 aliphatic heterocycles. The first-order chi connectivity index (χ1) is 12.3. The van der Waals surface area contributed by atoms with Crippen LogP contribution in [0.25, 0.3) is 0 Å². The molecule has 0 saturated carbocycles. The lowest BCUT2D eigenvalue weighted by Gasteiger charge is -2.26. The third-order valence-corrected chi connectivity index (χ3v) is 3.84. The van der Waals surface area contributed by atoms with E-state index < -0.39 is 0 Å². The molecule has 6 nitrogen and oxygen atoms in total. The van der Waals surface area contributed by atoms with E-state index in [1.807, 2.05) is 30.3 Å². The number of urea groups is 1. The molecule has 2 amide bonds. The largest absolute Gasteiger partial charge is 0.370 e. The zero-order valence-corrected chi connectivity index (χ0v) is 17.6. The molecule has 1 rings (SSSR count). The van der Waals surface area contributed by atoms with E-state index in [9.17, 15) is 4.79 Å². The van der Waals surface area contributed by atoms with Crippen LogP contribution in [0.5, 0.6) is 0 Å². The van der Waals surface area contributed by atoms with Crippen molar-refractivity contribution in [3.63, 3.8) is 0 Å². The second-order valence-corrected chi connectivity index (χ2v) is 8.16. The van der Waals surface area contributed by atoms with Gasteiger partial charge in [0.1, 0.15) is 4.32 Å². The molecule has 8 heteroatoms. The molecule has 0 aliphatic rings. The third-order valence-electron chi connectivity index (χ3n) is 3.53. The van der Waals surface area contributed by atoms with E-state index in [4.69, 9.17) is 12.2 Å². The minimum Gasteiger partial charge on any atom is -0.370 e. The number of amides is 2. The summed E-state index contributed by atoms with van der Waals surface area (Å²) in [6, 6.07) is 9.21. The van der Waals surface area contributed by atoms with Gasteiger partial charge >= 0.3 is 6.03 Å². The Hall–Kier alpha value is -1.35. The van der Waals surface area contributed by atoms with Gasteiger partial charge in [-0.05, 0) is 32.9 Å². The van der Waals surface area contributed by atoms with Crippen LogP contribution in [-0.4, -0.2) is 60.1 Å². The molecular formula is C18H31N5OS2. The predicted octanol–water partition coefficient (Wildman–Crippen LogP) is 2.30. The number of hydrogen-bond donors (Lipinski definition) is 5. The molecule has 4 N–H and O–H groups in total. The van der Waals surface area contributed by atoms with Crippen molar-refractivity contribution in [3.8, 4) is 0 Å². The number of nitrogens with zero attached hydrogens (tertiary/aromatic N) is 1. The van der Waals surface area contributed by atoms with Gasteiger partial charge in [-0.2, -0.15) is 0 Å². The summed E-state index contributed by atoms with van der Waals surface area (Å²) in [6.07, 6.45) is 0. The van der Waals surface area contributed by atoms with Gasteiger partial charge in [0, 0.05) is 50.5 Å². The maximum atomic E-state index is 12.0. The normalized spacial score (nSPS) is 11.3. The Morgan fingerprint density at radius 1 is 1.04 bits per heavy atom. The average Bonchev–Trinajstić information content (AvgIpc) is 2.54. The van der Waals surface area contributed by atoms with Crippen molar-refractivity contribution < 1.29 is 4.79 Å². The zero-order chi connectivity index (χ0) is 19.4. The SMILES string of the molecule is CC(C)(C)NCCN(CCNC(=O)Nc1ccccc1)CCNC(=S)S. The number of thiocarbonyl (C=S) groups is 1. The van der Waals surface area contributed by atoms with Gasteiger partial charge in [-0.25, -0.2) is 4.79 Å². The maximum Gasteiger partial charge on any atom is 0.319 e. The highest BCUT2D eigenvalue weighted by Gasteiger charge is 2.11. The number of thiol groups is 1. The Morgan fingerprint density at radius 2 is 1.62 bits per heavy atom. The second kappa shape index (κ2) is 12.1. The summed E-state index contributed by atoms with van der Waals surface area (Å²) in [4.78, 5) is 14.2. The monoisotopic (exact) mass is 397 g/mol. The van der Waals surface area contributed by atoms with Crippen LogP contribution in [0.3, 0.4) is 0 Å².